The fourth-order valence-electron chi connectivity index (χ4n) is 2.51. The van der Waals surface area contributed by atoms with Crippen LogP contribution in [0.15, 0.2) is 51.1 Å². The van der Waals surface area contributed by atoms with Crippen molar-refractivity contribution in [3.05, 3.63) is 64.1 Å². The van der Waals surface area contributed by atoms with Gasteiger partial charge in [0.1, 0.15) is 5.76 Å². The van der Waals surface area contributed by atoms with Crippen LogP contribution in [-0.4, -0.2) is 16.0 Å². The number of furan rings is 1. The maximum absolute atomic E-state index is 12.8. The maximum Gasteiger partial charge on any atom is 0.276 e. The molecule has 1 aliphatic carbocycles. The van der Waals surface area contributed by atoms with Crippen molar-refractivity contribution in [2.24, 2.45) is 0 Å². The SMILES string of the molecule is O=C(c1cc(C2CC2)on1)N(Cc1ccoc1)Cc1cccs1. The number of aromatic nitrogens is 1. The van der Waals surface area contributed by atoms with Gasteiger partial charge in [0.25, 0.3) is 5.91 Å². The molecule has 0 bridgehead atoms. The van der Waals surface area contributed by atoms with Crippen LogP contribution in [0.5, 0.6) is 0 Å². The van der Waals surface area contributed by atoms with Gasteiger partial charge >= 0.3 is 0 Å². The summed E-state index contributed by atoms with van der Waals surface area (Å²) in [6, 6.07) is 7.67. The lowest BCUT2D eigenvalue weighted by atomic mass is 10.2. The van der Waals surface area contributed by atoms with E-state index >= 15 is 0 Å². The molecule has 0 atom stereocenters. The van der Waals surface area contributed by atoms with E-state index in [1.165, 1.54) is 0 Å². The summed E-state index contributed by atoms with van der Waals surface area (Å²) in [5.74, 6) is 1.16. The quantitative estimate of drug-likeness (QED) is 0.685. The second kappa shape index (κ2) is 6.04. The second-order valence-corrected chi connectivity index (χ2v) is 6.79. The molecule has 5 nitrogen and oxygen atoms in total. The Labute approximate surface area is 137 Å². The molecule has 0 N–H and O–H groups in total. The smallest absolute Gasteiger partial charge is 0.276 e. The minimum atomic E-state index is -0.116. The van der Waals surface area contributed by atoms with E-state index in [2.05, 4.69) is 5.16 Å². The van der Waals surface area contributed by atoms with Gasteiger partial charge in [-0.3, -0.25) is 4.79 Å². The van der Waals surface area contributed by atoms with Gasteiger partial charge in [-0.15, -0.1) is 11.3 Å². The Morgan fingerprint density at radius 1 is 1.35 bits per heavy atom. The first-order valence-electron chi connectivity index (χ1n) is 7.59. The number of carbonyl (C=O) groups excluding carboxylic acids is 1. The fourth-order valence-corrected chi connectivity index (χ4v) is 3.22. The van der Waals surface area contributed by atoms with Crippen molar-refractivity contribution in [2.45, 2.75) is 31.8 Å². The molecule has 0 unspecified atom stereocenters. The summed E-state index contributed by atoms with van der Waals surface area (Å²) in [5.41, 5.74) is 1.34. The average Bonchev–Trinajstić information content (AvgIpc) is 3.03. The van der Waals surface area contributed by atoms with E-state index in [4.69, 9.17) is 8.94 Å². The van der Waals surface area contributed by atoms with E-state index < -0.39 is 0 Å². The molecule has 1 aliphatic rings. The third-order valence-electron chi connectivity index (χ3n) is 3.89. The topological polar surface area (TPSA) is 59.5 Å². The molecule has 1 fully saturated rings. The van der Waals surface area contributed by atoms with Crippen molar-refractivity contribution in [3.63, 3.8) is 0 Å². The zero-order valence-electron chi connectivity index (χ0n) is 12.5. The Balaban J connectivity index is 1.55. The van der Waals surface area contributed by atoms with Gasteiger partial charge in [-0.25, -0.2) is 0 Å². The lowest BCUT2D eigenvalue weighted by Crippen LogP contribution is -2.29. The van der Waals surface area contributed by atoms with Gasteiger partial charge in [-0.2, -0.15) is 0 Å². The number of carbonyl (C=O) groups is 1. The number of thiophene rings is 1. The van der Waals surface area contributed by atoms with Crippen LogP contribution in [0.4, 0.5) is 0 Å². The van der Waals surface area contributed by atoms with E-state index in [0.29, 0.717) is 24.7 Å². The van der Waals surface area contributed by atoms with Gasteiger partial charge in [0, 0.05) is 29.0 Å². The highest BCUT2D eigenvalue weighted by atomic mass is 32.1. The van der Waals surface area contributed by atoms with Crippen LogP contribution in [0.3, 0.4) is 0 Å². The van der Waals surface area contributed by atoms with Crippen LogP contribution in [0.25, 0.3) is 0 Å². The molecule has 3 aromatic rings. The van der Waals surface area contributed by atoms with Crippen LogP contribution in [-0.2, 0) is 13.1 Å². The standard InChI is InChI=1S/C17H16N2O3S/c20-17(15-8-16(22-18-15)13-3-4-13)19(9-12-5-6-21-11-12)10-14-2-1-7-23-14/h1-2,5-8,11,13H,3-4,9-10H2. The number of nitrogens with zero attached hydrogens (tertiary/aromatic N) is 2. The van der Waals surface area contributed by atoms with Crippen molar-refractivity contribution in [1.29, 1.82) is 0 Å². The summed E-state index contributed by atoms with van der Waals surface area (Å²) < 4.78 is 10.4. The molecule has 0 saturated heterocycles. The maximum atomic E-state index is 12.8. The Morgan fingerprint density at radius 3 is 2.96 bits per heavy atom. The molecule has 6 heteroatoms. The molecular formula is C17H16N2O3S. The lowest BCUT2D eigenvalue weighted by molar-refractivity contribution is 0.0721. The monoisotopic (exact) mass is 328 g/mol. The third kappa shape index (κ3) is 3.22. The molecule has 23 heavy (non-hydrogen) atoms. The van der Waals surface area contributed by atoms with Crippen LogP contribution in [0.1, 0.15) is 45.4 Å². The van der Waals surface area contributed by atoms with Crippen LogP contribution < -0.4 is 0 Å². The fraction of sp³-hybridized carbons (Fsp3) is 0.294. The third-order valence-corrected chi connectivity index (χ3v) is 4.76. The molecule has 3 aromatic heterocycles. The molecule has 0 aromatic carbocycles. The van der Waals surface area contributed by atoms with Crippen molar-refractivity contribution >= 4 is 17.2 Å². The molecule has 0 aliphatic heterocycles. The van der Waals surface area contributed by atoms with Crippen molar-refractivity contribution in [3.8, 4) is 0 Å². The van der Waals surface area contributed by atoms with Gasteiger partial charge in [0.2, 0.25) is 0 Å². The minimum absolute atomic E-state index is 0.116. The van der Waals surface area contributed by atoms with Gasteiger partial charge < -0.3 is 13.8 Å². The molecule has 0 radical (unpaired) electrons. The summed E-state index contributed by atoms with van der Waals surface area (Å²) in [6.07, 6.45) is 5.52. The molecule has 0 spiro atoms. The Morgan fingerprint density at radius 2 is 2.26 bits per heavy atom. The predicted octanol–water partition coefficient (Wildman–Crippen LogP) is 4.05. The molecule has 118 valence electrons. The highest BCUT2D eigenvalue weighted by Crippen LogP contribution is 2.40. The minimum Gasteiger partial charge on any atom is -0.472 e. The molecule has 1 amide bonds. The summed E-state index contributed by atoms with van der Waals surface area (Å²) >= 11 is 1.64. The van der Waals surface area contributed by atoms with Gasteiger partial charge in [-0.05, 0) is 30.4 Å². The molecule has 4 rings (SSSR count). The van der Waals surface area contributed by atoms with Crippen molar-refractivity contribution in [1.82, 2.24) is 10.1 Å². The lowest BCUT2D eigenvalue weighted by Gasteiger charge is -2.20. The van der Waals surface area contributed by atoms with Gasteiger partial charge in [0.15, 0.2) is 5.69 Å². The zero-order valence-corrected chi connectivity index (χ0v) is 13.3. The highest BCUT2D eigenvalue weighted by Gasteiger charge is 2.30. The Bertz CT molecular complexity index is 736. The van der Waals surface area contributed by atoms with E-state index in [9.17, 15) is 4.79 Å². The number of amides is 1. The van der Waals surface area contributed by atoms with Crippen LogP contribution >= 0.6 is 11.3 Å². The molecular weight excluding hydrogens is 312 g/mol. The summed E-state index contributed by atoms with van der Waals surface area (Å²) in [4.78, 5) is 15.7. The predicted molar refractivity (Wildman–Crippen MR) is 85.1 cm³/mol. The first-order valence-corrected chi connectivity index (χ1v) is 8.47. The average molecular weight is 328 g/mol. The van der Waals surface area contributed by atoms with Gasteiger partial charge in [-0.1, -0.05) is 11.2 Å². The second-order valence-electron chi connectivity index (χ2n) is 5.76. The summed E-state index contributed by atoms with van der Waals surface area (Å²) in [5, 5.41) is 5.98. The molecule has 3 heterocycles. The van der Waals surface area contributed by atoms with Crippen LogP contribution in [0, 0.1) is 0 Å². The number of hydrogen-bond donors (Lipinski definition) is 0. The van der Waals surface area contributed by atoms with E-state index in [1.807, 2.05) is 23.6 Å². The first-order chi connectivity index (χ1) is 11.3. The van der Waals surface area contributed by atoms with Gasteiger partial charge in [0.05, 0.1) is 19.1 Å². The summed E-state index contributed by atoms with van der Waals surface area (Å²) in [6.45, 7) is 1.03. The Kier molecular flexibility index (Phi) is 3.75. The van der Waals surface area contributed by atoms with E-state index in [0.717, 1.165) is 29.0 Å². The molecule has 1 saturated carbocycles. The number of hydrogen-bond acceptors (Lipinski definition) is 5. The van der Waals surface area contributed by atoms with Crippen LogP contribution in [0.2, 0.25) is 0 Å². The highest BCUT2D eigenvalue weighted by molar-refractivity contribution is 7.09. The van der Waals surface area contributed by atoms with Crippen molar-refractivity contribution in [2.75, 3.05) is 0 Å². The van der Waals surface area contributed by atoms with E-state index in [1.54, 1.807) is 34.8 Å². The van der Waals surface area contributed by atoms with Crippen molar-refractivity contribution < 1.29 is 13.7 Å². The van der Waals surface area contributed by atoms with E-state index in [-0.39, 0.29) is 5.91 Å². The summed E-state index contributed by atoms with van der Waals surface area (Å²) in [7, 11) is 0. The zero-order chi connectivity index (χ0) is 15.6. The number of rotatable bonds is 6. The largest absolute Gasteiger partial charge is 0.472 e. The normalized spacial score (nSPS) is 14.1. The Hall–Kier alpha value is -2.34. The first kappa shape index (κ1) is 14.3.